The zero-order chi connectivity index (χ0) is 11.6. The van der Waals surface area contributed by atoms with Gasteiger partial charge in [0.15, 0.2) is 0 Å². The van der Waals surface area contributed by atoms with Crippen LogP contribution in [0.2, 0.25) is 0 Å². The van der Waals surface area contributed by atoms with Crippen LogP contribution in [0.15, 0.2) is 25.3 Å². The Morgan fingerprint density at radius 2 is 1.57 bits per heavy atom. The van der Waals surface area contributed by atoms with Gasteiger partial charge in [-0.15, -0.1) is 13.2 Å². The number of hydrogen-bond acceptors (Lipinski definition) is 2. The largest absolute Gasteiger partial charge is 0.481 e. The summed E-state index contributed by atoms with van der Waals surface area (Å²) in [5.74, 6) is -0.757. The van der Waals surface area contributed by atoms with Gasteiger partial charge in [0.05, 0.1) is 18.6 Å². The quantitative estimate of drug-likeness (QED) is 0.560. The van der Waals surface area contributed by atoms with Crippen molar-refractivity contribution in [2.45, 2.75) is 20.8 Å². The summed E-state index contributed by atoms with van der Waals surface area (Å²) < 4.78 is 4.90. The molecule has 0 unspecified atom stereocenters. The van der Waals surface area contributed by atoms with E-state index in [2.05, 4.69) is 13.2 Å². The van der Waals surface area contributed by atoms with Gasteiger partial charge in [-0.2, -0.15) is 0 Å². The number of aliphatic carboxylic acids is 1. The van der Waals surface area contributed by atoms with Gasteiger partial charge in [-0.25, -0.2) is 0 Å². The standard InChI is InChI=1S/C6H10O.C5H10O2/c1-3-5-7-6-4-2;1-5(2,3)4(6)7/h3-4H,1-2,5-6H2;1-3H3,(H,6,7). The Bertz CT molecular complexity index is 169. The predicted octanol–water partition coefficient (Wildman–Crippen LogP) is 2.49. The van der Waals surface area contributed by atoms with E-state index in [1.54, 1.807) is 32.9 Å². The molecule has 1 N–H and O–H groups in total. The molecule has 0 atom stereocenters. The highest BCUT2D eigenvalue weighted by atomic mass is 16.5. The Balaban J connectivity index is 0. The molecule has 82 valence electrons. The van der Waals surface area contributed by atoms with Crippen molar-refractivity contribution in [2.24, 2.45) is 5.41 Å². The second-order valence-electron chi connectivity index (χ2n) is 3.67. The van der Waals surface area contributed by atoms with Crippen LogP contribution in [0, 0.1) is 5.41 Å². The van der Waals surface area contributed by atoms with E-state index in [9.17, 15) is 4.79 Å². The highest BCUT2D eigenvalue weighted by Gasteiger charge is 2.18. The zero-order valence-electron chi connectivity index (χ0n) is 9.25. The van der Waals surface area contributed by atoms with Crippen molar-refractivity contribution in [2.75, 3.05) is 13.2 Å². The Labute approximate surface area is 86.1 Å². The average molecular weight is 200 g/mol. The Hall–Kier alpha value is -1.09. The molecule has 0 aliphatic heterocycles. The van der Waals surface area contributed by atoms with Crippen LogP contribution in [-0.4, -0.2) is 24.3 Å². The van der Waals surface area contributed by atoms with Gasteiger partial charge in [0, 0.05) is 0 Å². The highest BCUT2D eigenvalue weighted by Crippen LogP contribution is 2.11. The molecule has 3 nitrogen and oxygen atoms in total. The molecular formula is C11H20O3. The molecule has 3 heteroatoms. The minimum atomic E-state index is -0.757. The van der Waals surface area contributed by atoms with E-state index in [1.165, 1.54) is 0 Å². The predicted molar refractivity (Wildman–Crippen MR) is 58.3 cm³/mol. The molecule has 0 spiro atoms. The van der Waals surface area contributed by atoms with Crippen molar-refractivity contribution in [1.29, 1.82) is 0 Å². The average Bonchev–Trinajstić information content (AvgIpc) is 2.05. The lowest BCUT2D eigenvalue weighted by Crippen LogP contribution is -2.18. The van der Waals surface area contributed by atoms with Crippen molar-refractivity contribution in [3.63, 3.8) is 0 Å². The van der Waals surface area contributed by atoms with Crippen LogP contribution >= 0.6 is 0 Å². The second kappa shape index (κ2) is 8.51. The van der Waals surface area contributed by atoms with Crippen LogP contribution in [0.1, 0.15) is 20.8 Å². The van der Waals surface area contributed by atoms with Gasteiger partial charge in [-0.1, -0.05) is 12.2 Å². The maximum atomic E-state index is 10.0. The first-order valence-corrected chi connectivity index (χ1v) is 4.39. The maximum absolute atomic E-state index is 10.0. The van der Waals surface area contributed by atoms with Crippen LogP contribution in [0.3, 0.4) is 0 Å². The van der Waals surface area contributed by atoms with E-state index in [4.69, 9.17) is 9.84 Å². The number of carboxylic acids is 1. The summed E-state index contributed by atoms with van der Waals surface area (Å²) in [5, 5.41) is 8.25. The summed E-state index contributed by atoms with van der Waals surface area (Å²) in [7, 11) is 0. The number of carbonyl (C=O) groups is 1. The van der Waals surface area contributed by atoms with E-state index in [-0.39, 0.29) is 0 Å². The topological polar surface area (TPSA) is 46.5 Å². The Morgan fingerprint density at radius 1 is 1.29 bits per heavy atom. The molecule has 0 fully saturated rings. The fourth-order valence-electron chi connectivity index (χ4n) is 0.235. The molecule has 0 amide bonds. The van der Waals surface area contributed by atoms with E-state index in [0.29, 0.717) is 13.2 Å². The minimum absolute atomic E-state index is 0.583. The summed E-state index contributed by atoms with van der Waals surface area (Å²) in [6, 6.07) is 0. The van der Waals surface area contributed by atoms with Gasteiger partial charge in [0.1, 0.15) is 0 Å². The highest BCUT2D eigenvalue weighted by molar-refractivity contribution is 5.72. The van der Waals surface area contributed by atoms with Crippen LogP contribution < -0.4 is 0 Å². The van der Waals surface area contributed by atoms with E-state index in [1.807, 2.05) is 0 Å². The molecule has 0 aromatic carbocycles. The zero-order valence-corrected chi connectivity index (χ0v) is 9.25. The second-order valence-corrected chi connectivity index (χ2v) is 3.67. The minimum Gasteiger partial charge on any atom is -0.481 e. The molecule has 0 aromatic heterocycles. The van der Waals surface area contributed by atoms with Gasteiger partial charge in [-0.05, 0) is 20.8 Å². The van der Waals surface area contributed by atoms with Crippen LogP contribution in [0.5, 0.6) is 0 Å². The molecule has 0 rings (SSSR count). The molecule has 0 heterocycles. The van der Waals surface area contributed by atoms with Crippen molar-refractivity contribution in [3.05, 3.63) is 25.3 Å². The molecule has 0 saturated heterocycles. The lowest BCUT2D eigenvalue weighted by atomic mass is 9.98. The normalized spacial score (nSPS) is 9.64. The molecule has 14 heavy (non-hydrogen) atoms. The molecule has 0 bridgehead atoms. The number of ether oxygens (including phenoxy) is 1. The lowest BCUT2D eigenvalue weighted by molar-refractivity contribution is -0.145. The van der Waals surface area contributed by atoms with Crippen molar-refractivity contribution < 1.29 is 14.6 Å². The summed E-state index contributed by atoms with van der Waals surface area (Å²) in [4.78, 5) is 10.0. The maximum Gasteiger partial charge on any atom is 0.308 e. The third kappa shape index (κ3) is 13.5. The van der Waals surface area contributed by atoms with Crippen molar-refractivity contribution >= 4 is 5.97 Å². The van der Waals surface area contributed by atoms with Crippen LogP contribution in [0.4, 0.5) is 0 Å². The lowest BCUT2D eigenvalue weighted by Gasteiger charge is -2.08. The Kier molecular flexibility index (Phi) is 9.35. The van der Waals surface area contributed by atoms with Gasteiger partial charge < -0.3 is 9.84 Å². The summed E-state index contributed by atoms with van der Waals surface area (Å²) in [6.45, 7) is 13.2. The molecule has 0 saturated carbocycles. The fourth-order valence-corrected chi connectivity index (χ4v) is 0.235. The van der Waals surface area contributed by atoms with Gasteiger partial charge in [-0.3, -0.25) is 4.79 Å². The van der Waals surface area contributed by atoms with Crippen LogP contribution in [0.25, 0.3) is 0 Å². The van der Waals surface area contributed by atoms with Crippen molar-refractivity contribution in [1.82, 2.24) is 0 Å². The third-order valence-corrected chi connectivity index (χ3v) is 1.11. The van der Waals surface area contributed by atoms with Gasteiger partial charge in [0.25, 0.3) is 0 Å². The monoisotopic (exact) mass is 200 g/mol. The van der Waals surface area contributed by atoms with Gasteiger partial charge in [0.2, 0.25) is 0 Å². The third-order valence-electron chi connectivity index (χ3n) is 1.11. The first-order valence-electron chi connectivity index (χ1n) is 4.39. The van der Waals surface area contributed by atoms with Crippen LogP contribution in [-0.2, 0) is 9.53 Å². The first-order chi connectivity index (χ1) is 6.36. The summed E-state index contributed by atoms with van der Waals surface area (Å²) >= 11 is 0. The summed E-state index contributed by atoms with van der Waals surface area (Å²) in [6.07, 6.45) is 3.42. The molecular weight excluding hydrogens is 180 g/mol. The molecule has 0 aliphatic carbocycles. The number of carboxylic acid groups (broad SMARTS) is 1. The van der Waals surface area contributed by atoms with E-state index >= 15 is 0 Å². The van der Waals surface area contributed by atoms with E-state index < -0.39 is 11.4 Å². The fraction of sp³-hybridized carbons (Fsp3) is 0.545. The smallest absolute Gasteiger partial charge is 0.308 e. The number of hydrogen-bond donors (Lipinski definition) is 1. The molecule has 0 aromatic rings. The van der Waals surface area contributed by atoms with Crippen molar-refractivity contribution in [3.8, 4) is 0 Å². The SMILES string of the molecule is C=CCOCC=C.CC(C)(C)C(=O)O. The number of rotatable bonds is 4. The Morgan fingerprint density at radius 3 is 1.71 bits per heavy atom. The first kappa shape index (κ1) is 15.4. The summed E-state index contributed by atoms with van der Waals surface area (Å²) in [5.41, 5.74) is -0.583. The molecule has 0 aliphatic rings. The van der Waals surface area contributed by atoms with E-state index in [0.717, 1.165) is 0 Å². The van der Waals surface area contributed by atoms with Gasteiger partial charge >= 0.3 is 5.97 Å². The molecule has 0 radical (unpaired) electrons.